The van der Waals surface area contributed by atoms with Crippen LogP contribution in [0, 0.1) is 12.3 Å². The molecule has 1 aliphatic heterocycles. The average molecular weight is 646 g/mol. The number of urea groups is 1. The van der Waals surface area contributed by atoms with Crippen molar-refractivity contribution in [3.05, 3.63) is 58.9 Å². The number of nitrogens with one attached hydrogen (secondary N) is 2. The van der Waals surface area contributed by atoms with Gasteiger partial charge in [0.15, 0.2) is 0 Å². The van der Waals surface area contributed by atoms with E-state index < -0.39 is 16.1 Å². The first kappa shape index (κ1) is 33.2. The average Bonchev–Trinajstić information content (AvgIpc) is 3.53. The predicted molar refractivity (Wildman–Crippen MR) is 172 cm³/mol. The number of carbonyl (C=O) groups is 2. The predicted octanol–water partition coefficient (Wildman–Crippen LogP) is 5.12. The molecule has 0 atom stereocenters. The lowest BCUT2D eigenvalue weighted by Gasteiger charge is -2.37. The van der Waals surface area contributed by atoms with Crippen molar-refractivity contribution in [3.63, 3.8) is 0 Å². The van der Waals surface area contributed by atoms with E-state index in [1.807, 2.05) is 49.1 Å². The Bertz CT molecular complexity index is 1610. The van der Waals surface area contributed by atoms with E-state index in [4.69, 9.17) is 21.3 Å². The summed E-state index contributed by atoms with van der Waals surface area (Å²) in [5.41, 5.74) is 3.00. The quantitative estimate of drug-likeness (QED) is 0.324. The molecule has 12 nitrogen and oxygen atoms in total. The summed E-state index contributed by atoms with van der Waals surface area (Å²) in [4.78, 5) is 34.2. The number of aryl methyl sites for hydroxylation is 1. The van der Waals surface area contributed by atoms with Gasteiger partial charge in [0, 0.05) is 43.1 Å². The molecular formula is C30H40ClN7O5S. The number of carbonyl (C=O) groups excluding carboxylic acids is 2. The third-order valence-corrected chi connectivity index (χ3v) is 7.74. The topological polar surface area (TPSA) is 150 Å². The van der Waals surface area contributed by atoms with Crippen LogP contribution in [-0.4, -0.2) is 77.0 Å². The number of piperazine rings is 1. The van der Waals surface area contributed by atoms with E-state index in [0.29, 0.717) is 54.8 Å². The summed E-state index contributed by atoms with van der Waals surface area (Å²) < 4.78 is 27.6. The number of amides is 3. The molecule has 2 fully saturated rings. The van der Waals surface area contributed by atoms with E-state index in [0.717, 1.165) is 29.8 Å². The molecule has 0 unspecified atom stereocenters. The van der Waals surface area contributed by atoms with Gasteiger partial charge < -0.3 is 15.1 Å². The van der Waals surface area contributed by atoms with Crippen LogP contribution in [0.5, 0.6) is 0 Å². The minimum atomic E-state index is -3.67. The van der Waals surface area contributed by atoms with Crippen molar-refractivity contribution >= 4 is 51.0 Å². The molecule has 0 spiro atoms. The fourth-order valence-corrected chi connectivity index (χ4v) is 4.92. The molecule has 1 aromatic carbocycles. The maximum absolute atomic E-state index is 13.0. The van der Waals surface area contributed by atoms with Crippen molar-refractivity contribution in [1.29, 1.82) is 0 Å². The Hall–Kier alpha value is -3.68. The number of hydrogen-bond acceptors (Lipinski definition) is 7. The highest BCUT2D eigenvalue weighted by Gasteiger charge is 2.47. The molecule has 1 aliphatic carbocycles. The second-order valence-electron chi connectivity index (χ2n) is 12.6. The largest absolute Gasteiger partial charge is 0.352 e. The van der Waals surface area contributed by atoms with Crippen LogP contribution in [0.4, 0.5) is 22.1 Å². The van der Waals surface area contributed by atoms with Crippen molar-refractivity contribution < 1.29 is 22.6 Å². The van der Waals surface area contributed by atoms with E-state index in [9.17, 15) is 18.0 Å². The molecule has 0 radical (unpaired) electrons. The highest BCUT2D eigenvalue weighted by molar-refractivity contribution is 7.85. The minimum absolute atomic E-state index is 0.155. The van der Waals surface area contributed by atoms with Gasteiger partial charge in [0.05, 0.1) is 34.5 Å². The van der Waals surface area contributed by atoms with Gasteiger partial charge in [-0.1, -0.05) is 57.0 Å². The number of halogens is 1. The standard InChI is InChI=1S/C29H36ClN7O2.CH4O3S/c1-19-6-8-21(9-7-19)37-24(17-23(34-37)28(2,3)4)33-27(39)32-20-16-22(30)25(31-18-20)35-12-14-36(15-13-35)26(38)29(5)10-11-29;1-5(2,3)4/h6-9,16-18H,10-15H2,1-5H3,(H2,32,33,39);1H3,(H,2,3,4). The molecule has 238 valence electrons. The first-order chi connectivity index (χ1) is 20.4. The van der Waals surface area contributed by atoms with Gasteiger partial charge in [-0.2, -0.15) is 13.5 Å². The van der Waals surface area contributed by atoms with Gasteiger partial charge >= 0.3 is 6.03 Å². The maximum Gasteiger partial charge on any atom is 0.324 e. The van der Waals surface area contributed by atoms with E-state index in [1.165, 1.54) is 0 Å². The summed E-state index contributed by atoms with van der Waals surface area (Å²) in [5, 5.41) is 11.0. The Kier molecular flexibility index (Phi) is 9.62. The van der Waals surface area contributed by atoms with Crippen molar-refractivity contribution in [2.45, 2.75) is 52.9 Å². The lowest BCUT2D eigenvalue weighted by Crippen LogP contribution is -2.50. The Morgan fingerprint density at radius 2 is 1.61 bits per heavy atom. The molecule has 3 N–H and O–H groups in total. The van der Waals surface area contributed by atoms with Crippen LogP contribution < -0.4 is 15.5 Å². The summed E-state index contributed by atoms with van der Waals surface area (Å²) in [5.74, 6) is 1.47. The zero-order valence-corrected chi connectivity index (χ0v) is 27.5. The molecule has 1 saturated heterocycles. The van der Waals surface area contributed by atoms with Crippen LogP contribution in [0.25, 0.3) is 5.69 Å². The molecule has 2 aromatic heterocycles. The van der Waals surface area contributed by atoms with Crippen molar-refractivity contribution in [2.24, 2.45) is 5.41 Å². The highest BCUT2D eigenvalue weighted by Crippen LogP contribution is 2.46. The van der Waals surface area contributed by atoms with E-state index >= 15 is 0 Å². The lowest BCUT2D eigenvalue weighted by molar-refractivity contribution is -0.136. The number of aromatic nitrogens is 3. The third-order valence-electron chi connectivity index (χ3n) is 7.46. The van der Waals surface area contributed by atoms with Crippen LogP contribution in [-0.2, 0) is 20.3 Å². The molecule has 14 heteroatoms. The number of nitrogens with zero attached hydrogens (tertiary/aromatic N) is 5. The summed E-state index contributed by atoms with van der Waals surface area (Å²) in [6.07, 6.45) is 4.27. The van der Waals surface area contributed by atoms with Gasteiger partial charge in [0.25, 0.3) is 10.1 Å². The Labute approximate surface area is 263 Å². The second kappa shape index (κ2) is 12.7. The summed E-state index contributed by atoms with van der Waals surface area (Å²) >= 11 is 6.59. The molecule has 1 saturated carbocycles. The van der Waals surface area contributed by atoms with Crippen molar-refractivity contribution in [3.8, 4) is 5.69 Å². The molecular weight excluding hydrogens is 606 g/mol. The zero-order chi connectivity index (χ0) is 32.4. The van der Waals surface area contributed by atoms with Gasteiger partial charge in [-0.15, -0.1) is 0 Å². The molecule has 2 aliphatic rings. The fraction of sp³-hybridized carbons (Fsp3) is 0.467. The normalized spacial score (nSPS) is 16.1. The molecule has 44 heavy (non-hydrogen) atoms. The number of hydrogen-bond donors (Lipinski definition) is 3. The SMILES string of the molecule is CS(=O)(=O)O.Cc1ccc(-n2nc(C(C)(C)C)cc2NC(=O)Nc2cnc(N3CCN(C(=O)C4(C)CC4)CC3)c(Cl)c2)cc1. The number of pyridine rings is 1. The molecule has 0 bridgehead atoms. The third kappa shape index (κ3) is 8.70. The van der Waals surface area contributed by atoms with E-state index in [2.05, 4.69) is 41.3 Å². The zero-order valence-electron chi connectivity index (χ0n) is 25.9. The second-order valence-corrected chi connectivity index (χ2v) is 14.5. The van der Waals surface area contributed by atoms with Gasteiger partial charge in [0.2, 0.25) is 5.91 Å². The summed E-state index contributed by atoms with van der Waals surface area (Å²) in [6.45, 7) is 13.0. The van der Waals surface area contributed by atoms with Crippen LogP contribution in [0.1, 0.15) is 51.8 Å². The van der Waals surface area contributed by atoms with E-state index in [1.54, 1.807) is 16.9 Å². The van der Waals surface area contributed by atoms with Gasteiger partial charge in [-0.05, 0) is 38.0 Å². The van der Waals surface area contributed by atoms with Crippen LogP contribution in [0.3, 0.4) is 0 Å². The summed E-state index contributed by atoms with van der Waals surface area (Å²) in [6, 6.07) is 11.1. The van der Waals surface area contributed by atoms with Gasteiger partial charge in [-0.25, -0.2) is 14.5 Å². The van der Waals surface area contributed by atoms with Gasteiger partial charge in [0.1, 0.15) is 11.6 Å². The molecule has 5 rings (SSSR count). The molecule has 3 amide bonds. The first-order valence-corrected chi connectivity index (χ1v) is 16.5. The van der Waals surface area contributed by atoms with Crippen molar-refractivity contribution in [2.75, 3.05) is 48.0 Å². The lowest BCUT2D eigenvalue weighted by atomic mass is 9.92. The smallest absolute Gasteiger partial charge is 0.324 e. The molecule has 3 aromatic rings. The Morgan fingerprint density at radius 1 is 1.02 bits per heavy atom. The van der Waals surface area contributed by atoms with Crippen LogP contribution in [0.15, 0.2) is 42.6 Å². The van der Waals surface area contributed by atoms with Crippen LogP contribution in [0.2, 0.25) is 5.02 Å². The number of anilines is 3. The first-order valence-electron chi connectivity index (χ1n) is 14.3. The highest BCUT2D eigenvalue weighted by atomic mass is 35.5. The van der Waals surface area contributed by atoms with Crippen molar-refractivity contribution in [1.82, 2.24) is 19.7 Å². The molecule has 3 heterocycles. The van der Waals surface area contributed by atoms with E-state index in [-0.39, 0.29) is 16.7 Å². The maximum atomic E-state index is 13.0. The Morgan fingerprint density at radius 3 is 2.14 bits per heavy atom. The fourth-order valence-electron chi connectivity index (χ4n) is 4.63. The van der Waals surface area contributed by atoms with Crippen LogP contribution >= 0.6 is 11.6 Å². The number of benzene rings is 1. The van der Waals surface area contributed by atoms with Gasteiger partial charge in [-0.3, -0.25) is 14.7 Å². The Balaban J connectivity index is 0.000000818. The summed E-state index contributed by atoms with van der Waals surface area (Å²) in [7, 11) is -3.67. The number of rotatable bonds is 5. The minimum Gasteiger partial charge on any atom is -0.352 e. The monoisotopic (exact) mass is 645 g/mol.